The molecule has 6 nitrogen and oxygen atoms in total. The van der Waals surface area contributed by atoms with Gasteiger partial charge in [-0.2, -0.15) is 0 Å². The number of nitrogens with zero attached hydrogens (tertiary/aromatic N) is 2. The van der Waals surface area contributed by atoms with Gasteiger partial charge >= 0.3 is 0 Å². The molecule has 0 amide bonds. The third kappa shape index (κ3) is 2.47. The van der Waals surface area contributed by atoms with Crippen LogP contribution in [0.15, 0.2) is 30.5 Å². The number of benzene rings is 1. The zero-order valence-electron chi connectivity index (χ0n) is 12.5. The van der Waals surface area contributed by atoms with E-state index < -0.39 is 4.92 Å². The first kappa shape index (κ1) is 14.3. The summed E-state index contributed by atoms with van der Waals surface area (Å²) < 4.78 is 5.40. The predicted octanol–water partition coefficient (Wildman–Crippen LogP) is 3.41. The minimum Gasteiger partial charge on any atom is -0.496 e. The summed E-state index contributed by atoms with van der Waals surface area (Å²) >= 11 is 0. The van der Waals surface area contributed by atoms with Gasteiger partial charge in [-0.25, -0.2) is 4.98 Å². The third-order valence-electron chi connectivity index (χ3n) is 4.03. The molecule has 0 aliphatic heterocycles. The van der Waals surface area contributed by atoms with Crippen LogP contribution in [-0.2, 0) is 6.42 Å². The van der Waals surface area contributed by atoms with Crippen molar-refractivity contribution in [2.45, 2.75) is 25.8 Å². The second kappa shape index (κ2) is 5.63. The van der Waals surface area contributed by atoms with Gasteiger partial charge in [0.2, 0.25) is 0 Å². The number of rotatable bonds is 4. The van der Waals surface area contributed by atoms with Gasteiger partial charge in [0, 0.05) is 6.07 Å². The number of nitrogens with one attached hydrogen (secondary N) is 1. The Morgan fingerprint density at radius 2 is 2.27 bits per heavy atom. The molecule has 6 heteroatoms. The third-order valence-corrected chi connectivity index (χ3v) is 4.03. The minimum absolute atomic E-state index is 0.0107. The number of hydrogen-bond acceptors (Lipinski definition) is 5. The van der Waals surface area contributed by atoms with Crippen molar-refractivity contribution in [2.75, 3.05) is 12.4 Å². The lowest BCUT2D eigenvalue weighted by Gasteiger charge is -2.16. The van der Waals surface area contributed by atoms with Gasteiger partial charge in [-0.05, 0) is 42.5 Å². The summed E-state index contributed by atoms with van der Waals surface area (Å²) in [5.74, 6) is 1.60. The summed E-state index contributed by atoms with van der Waals surface area (Å²) in [7, 11) is 1.68. The molecule has 0 radical (unpaired) electrons. The van der Waals surface area contributed by atoms with E-state index in [2.05, 4.69) is 16.4 Å². The zero-order chi connectivity index (χ0) is 15.7. The second-order valence-corrected chi connectivity index (χ2v) is 5.38. The van der Waals surface area contributed by atoms with Gasteiger partial charge in [0.1, 0.15) is 17.8 Å². The molecule has 1 aliphatic carbocycles. The predicted molar refractivity (Wildman–Crippen MR) is 83.3 cm³/mol. The number of ether oxygens (including phenoxy) is 1. The van der Waals surface area contributed by atoms with Crippen molar-refractivity contribution in [1.82, 2.24) is 4.98 Å². The van der Waals surface area contributed by atoms with E-state index in [-0.39, 0.29) is 11.7 Å². The first-order valence-electron chi connectivity index (χ1n) is 7.13. The fourth-order valence-corrected chi connectivity index (χ4v) is 2.94. The van der Waals surface area contributed by atoms with Crippen LogP contribution in [0.25, 0.3) is 0 Å². The van der Waals surface area contributed by atoms with Gasteiger partial charge in [0.05, 0.1) is 18.1 Å². The largest absolute Gasteiger partial charge is 0.496 e. The Kier molecular flexibility index (Phi) is 3.66. The average molecular weight is 299 g/mol. The van der Waals surface area contributed by atoms with E-state index in [9.17, 15) is 10.1 Å². The molecule has 1 aliphatic rings. The molecule has 0 saturated carbocycles. The highest BCUT2D eigenvalue weighted by Gasteiger charge is 2.25. The van der Waals surface area contributed by atoms with E-state index in [1.165, 1.54) is 23.4 Å². The number of nitro groups is 1. The molecule has 1 aromatic carbocycles. The normalized spacial score (nSPS) is 16.2. The number of aryl methyl sites for hydroxylation is 1. The smallest absolute Gasteiger partial charge is 0.287 e. The maximum atomic E-state index is 10.8. The Labute approximate surface area is 128 Å². The van der Waals surface area contributed by atoms with Crippen LogP contribution in [0.3, 0.4) is 0 Å². The fraction of sp³-hybridized carbons (Fsp3) is 0.312. The van der Waals surface area contributed by atoms with Crippen LogP contribution >= 0.6 is 0 Å². The van der Waals surface area contributed by atoms with Crippen LogP contribution in [0, 0.1) is 17.0 Å². The van der Waals surface area contributed by atoms with Crippen molar-refractivity contribution < 1.29 is 9.66 Å². The maximum absolute atomic E-state index is 10.8. The minimum atomic E-state index is -0.431. The van der Waals surface area contributed by atoms with E-state index >= 15 is 0 Å². The first-order valence-corrected chi connectivity index (χ1v) is 7.13. The van der Waals surface area contributed by atoms with E-state index in [1.807, 2.05) is 19.1 Å². The monoisotopic (exact) mass is 299 g/mol. The molecular formula is C16H17N3O3. The topological polar surface area (TPSA) is 77.3 Å². The number of fused-ring (bicyclic) bond motifs is 1. The number of aromatic nitrogens is 1. The number of pyridine rings is 1. The van der Waals surface area contributed by atoms with Crippen LogP contribution < -0.4 is 10.1 Å². The van der Waals surface area contributed by atoms with E-state index in [4.69, 9.17) is 4.74 Å². The fourth-order valence-electron chi connectivity index (χ4n) is 2.94. The van der Waals surface area contributed by atoms with Gasteiger partial charge in [0.15, 0.2) is 0 Å². The molecule has 1 heterocycles. The van der Waals surface area contributed by atoms with Gasteiger partial charge in [0.25, 0.3) is 5.69 Å². The number of hydrogen-bond donors (Lipinski definition) is 1. The average Bonchev–Trinajstić information content (AvgIpc) is 2.92. The standard InChI is InChI=1S/C16H17N3O3/c1-10-8-11(19(20)21)9-17-16(10)18-14-7-6-13-12(14)4-3-5-15(13)22-2/h3-5,8-9,14H,6-7H2,1-2H3,(H,17,18). The van der Waals surface area contributed by atoms with Crippen LogP contribution in [0.1, 0.15) is 29.2 Å². The van der Waals surface area contributed by atoms with Gasteiger partial charge < -0.3 is 10.1 Å². The zero-order valence-corrected chi connectivity index (χ0v) is 12.5. The van der Waals surface area contributed by atoms with E-state index in [1.54, 1.807) is 7.11 Å². The summed E-state index contributed by atoms with van der Waals surface area (Å²) in [6, 6.07) is 7.72. The van der Waals surface area contributed by atoms with Crippen molar-refractivity contribution in [1.29, 1.82) is 0 Å². The highest BCUT2D eigenvalue weighted by Crippen LogP contribution is 2.38. The molecule has 2 aromatic rings. The van der Waals surface area contributed by atoms with Crippen LogP contribution in [-0.4, -0.2) is 17.0 Å². The van der Waals surface area contributed by atoms with Gasteiger partial charge in [-0.3, -0.25) is 10.1 Å². The molecule has 0 saturated heterocycles. The van der Waals surface area contributed by atoms with Crippen molar-refractivity contribution in [3.8, 4) is 5.75 Å². The molecule has 0 fully saturated rings. The molecule has 0 spiro atoms. The van der Waals surface area contributed by atoms with Crippen LogP contribution in [0.2, 0.25) is 0 Å². The highest BCUT2D eigenvalue weighted by atomic mass is 16.6. The molecule has 0 bridgehead atoms. The summed E-state index contributed by atoms with van der Waals surface area (Å²) in [6.45, 7) is 1.82. The summed E-state index contributed by atoms with van der Waals surface area (Å²) in [4.78, 5) is 14.5. The Morgan fingerprint density at radius 1 is 1.45 bits per heavy atom. The molecule has 22 heavy (non-hydrogen) atoms. The molecule has 3 rings (SSSR count). The molecule has 1 unspecified atom stereocenters. The van der Waals surface area contributed by atoms with Crippen molar-refractivity contribution in [3.05, 3.63) is 57.3 Å². The quantitative estimate of drug-likeness (QED) is 0.691. The Hall–Kier alpha value is -2.63. The van der Waals surface area contributed by atoms with Gasteiger partial charge in [-0.1, -0.05) is 12.1 Å². The summed E-state index contributed by atoms with van der Waals surface area (Å²) in [5, 5.41) is 14.2. The Balaban J connectivity index is 1.86. The molecule has 1 N–H and O–H groups in total. The Morgan fingerprint density at radius 3 is 2.95 bits per heavy atom. The van der Waals surface area contributed by atoms with Crippen molar-refractivity contribution in [3.63, 3.8) is 0 Å². The van der Waals surface area contributed by atoms with E-state index in [0.717, 1.165) is 24.2 Å². The number of anilines is 1. The van der Waals surface area contributed by atoms with Crippen LogP contribution in [0.5, 0.6) is 5.75 Å². The number of methoxy groups -OCH3 is 1. The van der Waals surface area contributed by atoms with Crippen LogP contribution in [0.4, 0.5) is 11.5 Å². The second-order valence-electron chi connectivity index (χ2n) is 5.38. The lowest BCUT2D eigenvalue weighted by atomic mass is 10.1. The summed E-state index contributed by atoms with van der Waals surface area (Å²) in [5.41, 5.74) is 3.21. The van der Waals surface area contributed by atoms with Crippen molar-refractivity contribution >= 4 is 11.5 Å². The molecule has 1 atom stereocenters. The highest BCUT2D eigenvalue weighted by molar-refractivity contribution is 5.53. The Bertz CT molecular complexity index is 731. The SMILES string of the molecule is COc1cccc2c1CCC2Nc1ncc([N+](=O)[O-])cc1C. The van der Waals surface area contributed by atoms with Gasteiger partial charge in [-0.15, -0.1) is 0 Å². The maximum Gasteiger partial charge on any atom is 0.287 e. The molecule has 114 valence electrons. The molecular weight excluding hydrogens is 282 g/mol. The lowest BCUT2D eigenvalue weighted by molar-refractivity contribution is -0.385. The summed E-state index contributed by atoms with van der Waals surface area (Å²) in [6.07, 6.45) is 3.19. The van der Waals surface area contributed by atoms with E-state index in [0.29, 0.717) is 5.82 Å². The molecule has 1 aromatic heterocycles. The first-order chi connectivity index (χ1) is 10.6. The lowest BCUT2D eigenvalue weighted by Crippen LogP contribution is -2.10. The van der Waals surface area contributed by atoms with Crippen molar-refractivity contribution in [2.24, 2.45) is 0 Å².